The van der Waals surface area contributed by atoms with E-state index >= 15 is 0 Å². The van der Waals surface area contributed by atoms with Crippen molar-refractivity contribution in [1.29, 1.82) is 0 Å². The summed E-state index contributed by atoms with van der Waals surface area (Å²) in [6.45, 7) is 5.35. The van der Waals surface area contributed by atoms with Crippen LogP contribution in [-0.4, -0.2) is 55.3 Å². The Hall–Kier alpha value is -2.54. The highest BCUT2D eigenvalue weighted by Gasteiger charge is 2.74. The van der Waals surface area contributed by atoms with E-state index in [9.17, 15) is 9.59 Å². The molecule has 49 heavy (non-hydrogen) atoms. The molecule has 4 aliphatic rings. The average Bonchev–Trinajstić information content (AvgIpc) is 3.45. The average molecular weight is 680 g/mol. The zero-order valence-corrected chi connectivity index (χ0v) is 31.3. The number of rotatable bonds is 23. The number of hydrogen-bond donors (Lipinski definition) is 0. The Morgan fingerprint density at radius 3 is 1.98 bits per heavy atom. The third kappa shape index (κ3) is 8.18. The lowest BCUT2D eigenvalue weighted by atomic mass is 9.50. The summed E-state index contributed by atoms with van der Waals surface area (Å²) in [6.07, 6.45) is 26.0. The fraction of sp³-hybridized carbons (Fsp3) is 0.762. The van der Waals surface area contributed by atoms with Gasteiger partial charge in [-0.3, -0.25) is 14.5 Å². The van der Waals surface area contributed by atoms with Crippen LogP contribution in [0, 0.1) is 0 Å². The molecule has 1 saturated heterocycles. The monoisotopic (exact) mass is 679 g/mol. The second-order valence-electron chi connectivity index (χ2n) is 15.4. The van der Waals surface area contributed by atoms with Gasteiger partial charge < -0.3 is 18.9 Å². The van der Waals surface area contributed by atoms with Gasteiger partial charge in [0.25, 0.3) is 0 Å². The number of piperidine rings is 1. The SMILES string of the molecule is CCCCCCCCCCCC(=O)OC1=CC[C@@]2(OC(=O)CCCCCCCCCCC)[C@H]3Cc4ccc(OC)c5c4[C@@]2(CCN3C)C1O5. The highest BCUT2D eigenvalue weighted by atomic mass is 16.6. The third-order valence-electron chi connectivity index (χ3n) is 12.0. The summed E-state index contributed by atoms with van der Waals surface area (Å²) >= 11 is 0. The van der Waals surface area contributed by atoms with Gasteiger partial charge in [-0.1, -0.05) is 123 Å². The van der Waals surface area contributed by atoms with Crippen molar-refractivity contribution in [2.75, 3.05) is 20.7 Å². The lowest BCUT2D eigenvalue weighted by Gasteiger charge is -2.62. The van der Waals surface area contributed by atoms with Gasteiger partial charge in [0.05, 0.1) is 18.6 Å². The summed E-state index contributed by atoms with van der Waals surface area (Å²) in [6, 6.07) is 4.14. The number of nitrogens with zero attached hydrogens (tertiary/aromatic N) is 1. The summed E-state index contributed by atoms with van der Waals surface area (Å²) in [4.78, 5) is 29.4. The molecule has 2 aliphatic heterocycles. The van der Waals surface area contributed by atoms with Crippen LogP contribution >= 0.6 is 0 Å². The Morgan fingerprint density at radius 2 is 1.39 bits per heavy atom. The second kappa shape index (κ2) is 18.1. The molecule has 0 radical (unpaired) electrons. The molecule has 4 atom stereocenters. The van der Waals surface area contributed by atoms with Gasteiger partial charge in [-0.2, -0.15) is 0 Å². The first-order valence-corrected chi connectivity index (χ1v) is 20.1. The Labute approximate surface area is 296 Å². The van der Waals surface area contributed by atoms with Gasteiger partial charge in [0.1, 0.15) is 11.4 Å². The molecule has 5 rings (SSSR count). The second-order valence-corrected chi connectivity index (χ2v) is 15.4. The van der Waals surface area contributed by atoms with Gasteiger partial charge in [-0.05, 0) is 57.0 Å². The molecule has 2 aliphatic carbocycles. The van der Waals surface area contributed by atoms with Crippen LogP contribution in [-0.2, 0) is 30.9 Å². The topological polar surface area (TPSA) is 74.3 Å². The van der Waals surface area contributed by atoms with E-state index in [4.69, 9.17) is 18.9 Å². The van der Waals surface area contributed by atoms with Crippen molar-refractivity contribution in [3.05, 3.63) is 35.1 Å². The first kappa shape index (κ1) is 37.7. The van der Waals surface area contributed by atoms with Crippen molar-refractivity contribution in [2.45, 2.75) is 185 Å². The van der Waals surface area contributed by atoms with Crippen LogP contribution in [0.15, 0.2) is 24.0 Å². The molecular formula is C42H65NO6. The van der Waals surface area contributed by atoms with E-state index in [1.165, 1.54) is 89.0 Å². The number of esters is 2. The molecule has 1 fully saturated rings. The normalized spacial score (nSPS) is 24.9. The molecule has 0 saturated carbocycles. The van der Waals surface area contributed by atoms with Crippen molar-refractivity contribution < 1.29 is 28.5 Å². The lowest BCUT2D eigenvalue weighted by molar-refractivity contribution is -0.206. The van der Waals surface area contributed by atoms with Crippen LogP contribution in [0.5, 0.6) is 11.5 Å². The van der Waals surface area contributed by atoms with Crippen molar-refractivity contribution >= 4 is 11.9 Å². The number of methoxy groups -OCH3 is 1. The van der Waals surface area contributed by atoms with Gasteiger partial charge in [-0.25, -0.2) is 0 Å². The molecular weight excluding hydrogens is 614 g/mol. The summed E-state index contributed by atoms with van der Waals surface area (Å²) in [7, 11) is 3.82. The number of carbonyl (C=O) groups excluding carboxylic acids is 2. The fourth-order valence-corrected chi connectivity index (χ4v) is 9.35. The summed E-state index contributed by atoms with van der Waals surface area (Å²) < 4.78 is 25.7. The lowest BCUT2D eigenvalue weighted by Crippen LogP contribution is -2.75. The van der Waals surface area contributed by atoms with Crippen molar-refractivity contribution in [3.63, 3.8) is 0 Å². The van der Waals surface area contributed by atoms with Crippen molar-refractivity contribution in [3.8, 4) is 11.5 Å². The minimum absolute atomic E-state index is 0.00161. The molecule has 0 amide bonds. The molecule has 2 heterocycles. The molecule has 7 nitrogen and oxygen atoms in total. The maximum atomic E-state index is 13.8. The van der Waals surface area contributed by atoms with Gasteiger partial charge in [0, 0.05) is 24.8 Å². The van der Waals surface area contributed by atoms with E-state index in [0.29, 0.717) is 30.8 Å². The molecule has 274 valence electrons. The first-order valence-electron chi connectivity index (χ1n) is 20.1. The van der Waals surface area contributed by atoms with E-state index in [2.05, 4.69) is 31.9 Å². The van der Waals surface area contributed by atoms with Gasteiger partial charge in [-0.15, -0.1) is 0 Å². The number of likely N-dealkylation sites (N-methyl/N-ethyl adjacent to an activating group) is 1. The molecule has 1 aromatic rings. The molecule has 0 aromatic heterocycles. The number of carbonyl (C=O) groups is 2. The molecule has 1 spiro atoms. The maximum Gasteiger partial charge on any atom is 0.310 e. The summed E-state index contributed by atoms with van der Waals surface area (Å²) in [5, 5.41) is 0. The first-order chi connectivity index (χ1) is 23.9. The highest BCUT2D eigenvalue weighted by Crippen LogP contribution is 2.66. The minimum Gasteiger partial charge on any atom is -0.493 e. The van der Waals surface area contributed by atoms with E-state index < -0.39 is 17.1 Å². The molecule has 7 heteroatoms. The smallest absolute Gasteiger partial charge is 0.310 e. The molecule has 2 bridgehead atoms. The summed E-state index contributed by atoms with van der Waals surface area (Å²) in [5.74, 6) is 1.64. The summed E-state index contributed by atoms with van der Waals surface area (Å²) in [5.41, 5.74) is 0.858. The number of hydrogen-bond acceptors (Lipinski definition) is 7. The van der Waals surface area contributed by atoms with E-state index in [1.807, 2.05) is 12.1 Å². The van der Waals surface area contributed by atoms with Crippen LogP contribution in [0.1, 0.15) is 166 Å². The largest absolute Gasteiger partial charge is 0.493 e. The van der Waals surface area contributed by atoms with E-state index in [-0.39, 0.29) is 18.0 Å². The quantitative estimate of drug-likeness (QED) is 0.0842. The van der Waals surface area contributed by atoms with E-state index in [1.54, 1.807) is 7.11 Å². The Kier molecular flexibility index (Phi) is 13.9. The van der Waals surface area contributed by atoms with Gasteiger partial charge in [0.2, 0.25) is 0 Å². The third-order valence-corrected chi connectivity index (χ3v) is 12.0. The fourth-order valence-electron chi connectivity index (χ4n) is 9.35. The number of unbranched alkanes of at least 4 members (excludes halogenated alkanes) is 16. The van der Waals surface area contributed by atoms with Gasteiger partial charge in [0.15, 0.2) is 17.6 Å². The van der Waals surface area contributed by atoms with Gasteiger partial charge >= 0.3 is 11.9 Å². The minimum atomic E-state index is -0.807. The van der Waals surface area contributed by atoms with Crippen molar-refractivity contribution in [2.24, 2.45) is 0 Å². The standard InChI is InChI=1S/C42H65NO6/c1-5-7-9-11-13-15-17-19-21-23-36(44)47-34-27-28-42(49-37(45)24-22-20-18-16-14-12-10-8-6-2)35-31-32-25-26-33(46-4)39-38(32)41(42,40(34)48-39)29-30-43(35)3/h25-27,35,40H,5-24,28-31H2,1-4H3/t35-,40?,41+,42-/m1/s1. The molecule has 1 unspecified atom stereocenters. The van der Waals surface area contributed by atoms with Crippen LogP contribution in [0.4, 0.5) is 0 Å². The zero-order chi connectivity index (χ0) is 34.7. The number of likely N-dealkylation sites (tertiary alicyclic amines) is 1. The van der Waals surface area contributed by atoms with Crippen LogP contribution < -0.4 is 9.47 Å². The van der Waals surface area contributed by atoms with Crippen LogP contribution in [0.2, 0.25) is 0 Å². The van der Waals surface area contributed by atoms with E-state index in [0.717, 1.165) is 62.8 Å². The Bertz CT molecular complexity index is 1280. The molecule has 1 aromatic carbocycles. The predicted molar refractivity (Wildman–Crippen MR) is 195 cm³/mol. The Balaban J connectivity index is 1.27. The predicted octanol–water partition coefficient (Wildman–Crippen LogP) is 9.91. The van der Waals surface area contributed by atoms with Crippen LogP contribution in [0.25, 0.3) is 0 Å². The highest BCUT2D eigenvalue weighted by molar-refractivity contribution is 5.74. The maximum absolute atomic E-state index is 13.8. The number of benzene rings is 1. The zero-order valence-electron chi connectivity index (χ0n) is 31.3. The van der Waals surface area contributed by atoms with Crippen molar-refractivity contribution in [1.82, 2.24) is 4.90 Å². The Morgan fingerprint density at radius 1 is 0.816 bits per heavy atom. The van der Waals surface area contributed by atoms with Crippen LogP contribution in [0.3, 0.4) is 0 Å². The number of ether oxygens (including phenoxy) is 4. The molecule has 0 N–H and O–H groups in total.